The first-order valence-corrected chi connectivity index (χ1v) is 7.67. The second kappa shape index (κ2) is 6.77. The van der Waals surface area contributed by atoms with Crippen molar-refractivity contribution in [2.24, 2.45) is 16.6 Å². The lowest BCUT2D eigenvalue weighted by molar-refractivity contribution is -0.128. The molecule has 0 fully saturated rings. The van der Waals surface area contributed by atoms with Crippen molar-refractivity contribution in [3.05, 3.63) is 45.2 Å². The van der Waals surface area contributed by atoms with E-state index in [1.54, 1.807) is 31.1 Å². The molecule has 0 radical (unpaired) electrons. The van der Waals surface area contributed by atoms with Crippen molar-refractivity contribution in [2.75, 3.05) is 0 Å². The average Bonchev–Trinajstić information content (AvgIpc) is 2.43. The summed E-state index contributed by atoms with van der Waals surface area (Å²) in [4.78, 5) is 16.0. The molecule has 1 heterocycles. The molecule has 0 saturated carbocycles. The minimum Gasteiger partial charge on any atom is -0.385 e. The zero-order chi connectivity index (χ0) is 16.4. The Kier molecular flexibility index (Phi) is 5.21. The molecular formula is C14H15Cl3N4O. The average molecular weight is 362 g/mol. The predicted octanol–water partition coefficient (Wildman–Crippen LogP) is 3.52. The van der Waals surface area contributed by atoms with E-state index in [4.69, 9.17) is 40.5 Å². The van der Waals surface area contributed by atoms with Gasteiger partial charge in [0.25, 0.3) is 0 Å². The number of halogens is 3. The number of nitrogens with zero attached hydrogens (tertiary/aromatic N) is 2. The predicted molar refractivity (Wildman–Crippen MR) is 89.8 cm³/mol. The number of nitrogens with two attached hydrogens (primary N) is 1. The number of benzene rings is 1. The first-order chi connectivity index (χ1) is 10.3. The molecule has 1 aromatic rings. The summed E-state index contributed by atoms with van der Waals surface area (Å²) in [7, 11) is 0. The number of hydrazine groups is 1. The van der Waals surface area contributed by atoms with Crippen LogP contribution in [0.1, 0.15) is 25.5 Å². The number of amidine groups is 1. The van der Waals surface area contributed by atoms with Crippen LogP contribution in [0.5, 0.6) is 0 Å². The third-order valence-corrected chi connectivity index (χ3v) is 4.12. The lowest BCUT2D eigenvalue weighted by Gasteiger charge is -2.33. The van der Waals surface area contributed by atoms with Crippen LogP contribution in [-0.4, -0.2) is 16.8 Å². The van der Waals surface area contributed by atoms with Crippen molar-refractivity contribution in [3.63, 3.8) is 0 Å². The number of rotatable bonds is 3. The second-order valence-corrected chi connectivity index (χ2v) is 6.31. The van der Waals surface area contributed by atoms with Gasteiger partial charge in [0.1, 0.15) is 11.9 Å². The summed E-state index contributed by atoms with van der Waals surface area (Å²) in [5.41, 5.74) is 9.31. The number of carbonyl (C=O) groups is 1. The van der Waals surface area contributed by atoms with Crippen molar-refractivity contribution in [2.45, 2.75) is 19.9 Å². The Bertz CT molecular complexity index is 658. The van der Waals surface area contributed by atoms with Gasteiger partial charge < -0.3 is 5.73 Å². The molecule has 0 spiro atoms. The Labute approximate surface area is 143 Å². The molecule has 1 unspecified atom stereocenters. The summed E-state index contributed by atoms with van der Waals surface area (Å²) in [6.07, 6.45) is 3.10. The summed E-state index contributed by atoms with van der Waals surface area (Å²) in [5, 5.41) is 2.58. The Hall–Kier alpha value is -1.43. The Morgan fingerprint density at radius 2 is 2.05 bits per heavy atom. The lowest BCUT2D eigenvalue weighted by Crippen LogP contribution is -2.48. The maximum Gasteiger partial charge on any atom is 0.241 e. The van der Waals surface area contributed by atoms with Crippen molar-refractivity contribution in [1.82, 2.24) is 10.4 Å². The largest absolute Gasteiger partial charge is 0.385 e. The molecule has 2 rings (SSSR count). The molecule has 0 aromatic heterocycles. The van der Waals surface area contributed by atoms with Gasteiger partial charge in [0.15, 0.2) is 0 Å². The number of carbonyl (C=O) groups excluding carboxylic acids is 1. The minimum absolute atomic E-state index is 0.159. The zero-order valence-corrected chi connectivity index (χ0v) is 14.2. The highest BCUT2D eigenvalue weighted by Gasteiger charge is 2.29. The molecule has 1 aromatic carbocycles. The molecule has 5 nitrogen and oxygen atoms in total. The Balaban J connectivity index is 2.43. The monoisotopic (exact) mass is 360 g/mol. The molecule has 3 N–H and O–H groups in total. The van der Waals surface area contributed by atoms with E-state index in [-0.39, 0.29) is 17.7 Å². The second-order valence-electron chi connectivity index (χ2n) is 5.08. The van der Waals surface area contributed by atoms with Crippen molar-refractivity contribution in [1.29, 1.82) is 0 Å². The van der Waals surface area contributed by atoms with E-state index in [1.807, 2.05) is 0 Å². The van der Waals surface area contributed by atoms with Crippen molar-refractivity contribution < 1.29 is 4.79 Å². The summed E-state index contributed by atoms with van der Waals surface area (Å²) in [6, 6.07) is 2.60. The van der Waals surface area contributed by atoms with E-state index in [9.17, 15) is 4.79 Å². The van der Waals surface area contributed by atoms with Gasteiger partial charge >= 0.3 is 0 Å². The van der Waals surface area contributed by atoms with E-state index < -0.39 is 6.04 Å². The smallest absolute Gasteiger partial charge is 0.241 e. The molecule has 118 valence electrons. The van der Waals surface area contributed by atoms with E-state index in [0.717, 1.165) is 0 Å². The fourth-order valence-electron chi connectivity index (χ4n) is 1.93. The van der Waals surface area contributed by atoms with Gasteiger partial charge in [0, 0.05) is 28.9 Å². The fourth-order valence-corrected chi connectivity index (χ4v) is 2.65. The van der Waals surface area contributed by atoms with E-state index >= 15 is 0 Å². The SMILES string of the molecule is CC(C)C(=O)NN1C=CN=C(N)C1c1cc(Cl)cc(Cl)c1Cl. The highest BCUT2D eigenvalue weighted by atomic mass is 35.5. The molecule has 1 aliphatic heterocycles. The molecule has 0 aliphatic carbocycles. The molecular weight excluding hydrogens is 347 g/mol. The Morgan fingerprint density at radius 1 is 1.36 bits per heavy atom. The van der Waals surface area contributed by atoms with Gasteiger partial charge in [-0.1, -0.05) is 48.7 Å². The van der Waals surface area contributed by atoms with E-state index in [1.165, 1.54) is 12.3 Å². The number of hydrogen-bond acceptors (Lipinski definition) is 4. The van der Waals surface area contributed by atoms with Gasteiger partial charge in [0.05, 0.1) is 10.0 Å². The maximum atomic E-state index is 12.0. The van der Waals surface area contributed by atoms with E-state index in [0.29, 0.717) is 20.6 Å². The lowest BCUT2D eigenvalue weighted by atomic mass is 10.0. The number of hydrogen-bond donors (Lipinski definition) is 2. The van der Waals surface area contributed by atoms with Gasteiger partial charge in [0.2, 0.25) is 5.91 Å². The number of amides is 1. The molecule has 8 heteroatoms. The molecule has 1 atom stereocenters. The summed E-state index contributed by atoms with van der Waals surface area (Å²) in [5.74, 6) is -0.0760. The van der Waals surface area contributed by atoms with Gasteiger partial charge in [-0.15, -0.1) is 0 Å². The van der Waals surface area contributed by atoms with Gasteiger partial charge in [-0.3, -0.25) is 15.2 Å². The third kappa shape index (κ3) is 3.48. The van der Waals surface area contributed by atoms with Crippen LogP contribution in [0.4, 0.5) is 0 Å². The van der Waals surface area contributed by atoms with Crippen LogP contribution in [0.3, 0.4) is 0 Å². The van der Waals surface area contributed by atoms with Crippen LogP contribution in [0, 0.1) is 5.92 Å². The Morgan fingerprint density at radius 3 is 2.68 bits per heavy atom. The molecule has 0 bridgehead atoms. The van der Waals surface area contributed by atoms with E-state index in [2.05, 4.69) is 10.4 Å². The standard InChI is InChI=1S/C14H15Cl3N4O/c1-7(2)14(22)20-21-4-3-19-13(18)12(21)9-5-8(15)6-10(16)11(9)17/h3-7,12H,1-2H3,(H2,18,19)(H,20,22). The minimum atomic E-state index is -0.587. The van der Waals surface area contributed by atoms with Gasteiger partial charge in [-0.25, -0.2) is 4.99 Å². The quantitative estimate of drug-likeness (QED) is 0.809. The summed E-state index contributed by atoms with van der Waals surface area (Å²) < 4.78 is 0. The zero-order valence-electron chi connectivity index (χ0n) is 12.0. The maximum absolute atomic E-state index is 12.0. The van der Waals surface area contributed by atoms with Crippen molar-refractivity contribution >= 4 is 46.5 Å². The number of nitrogens with one attached hydrogen (secondary N) is 1. The number of aliphatic imine (C=N–C) groups is 1. The van der Waals surface area contributed by atoms with Gasteiger partial charge in [-0.05, 0) is 12.1 Å². The highest BCUT2D eigenvalue weighted by molar-refractivity contribution is 6.43. The van der Waals surface area contributed by atoms with Crippen LogP contribution in [0.15, 0.2) is 29.5 Å². The first-order valence-electron chi connectivity index (χ1n) is 6.54. The van der Waals surface area contributed by atoms with Crippen LogP contribution in [-0.2, 0) is 4.79 Å². The normalized spacial score (nSPS) is 17.6. The first kappa shape index (κ1) is 16.9. The topological polar surface area (TPSA) is 70.7 Å². The van der Waals surface area contributed by atoms with Crippen LogP contribution in [0.2, 0.25) is 15.1 Å². The molecule has 1 amide bonds. The fraction of sp³-hybridized carbons (Fsp3) is 0.286. The highest BCUT2D eigenvalue weighted by Crippen LogP contribution is 2.36. The molecule has 22 heavy (non-hydrogen) atoms. The summed E-state index contributed by atoms with van der Waals surface area (Å²) in [6.45, 7) is 3.58. The van der Waals surface area contributed by atoms with Gasteiger partial charge in [-0.2, -0.15) is 0 Å². The van der Waals surface area contributed by atoms with Crippen LogP contribution < -0.4 is 11.2 Å². The molecule has 1 aliphatic rings. The third-order valence-electron chi connectivity index (χ3n) is 3.09. The van der Waals surface area contributed by atoms with Crippen molar-refractivity contribution in [3.8, 4) is 0 Å². The molecule has 0 saturated heterocycles. The van der Waals surface area contributed by atoms with Crippen LogP contribution in [0.25, 0.3) is 0 Å². The summed E-state index contributed by atoms with van der Waals surface area (Å²) >= 11 is 18.4. The van der Waals surface area contributed by atoms with Crippen LogP contribution >= 0.6 is 34.8 Å².